The van der Waals surface area contributed by atoms with Crippen LogP contribution < -0.4 is 10.5 Å². The van der Waals surface area contributed by atoms with Gasteiger partial charge < -0.3 is 10.5 Å². The molecule has 0 bridgehead atoms. The van der Waals surface area contributed by atoms with Crippen LogP contribution in [0.2, 0.25) is 0 Å². The molecular weight excluding hydrogens is 432 g/mol. The molecule has 9 heteroatoms. The third kappa shape index (κ3) is 7.73. The Morgan fingerprint density at radius 1 is 1.39 bits per heavy atom. The summed E-state index contributed by atoms with van der Waals surface area (Å²) in [6.45, 7) is 6.01. The summed E-state index contributed by atoms with van der Waals surface area (Å²) in [6.07, 6.45) is 7.41. The average Bonchev–Trinajstić information content (AvgIpc) is 3.23. The zero-order valence-electron chi connectivity index (χ0n) is 18.2. The number of carbonyl (C=O) groups is 1. The number of hydrogen-bond donors (Lipinski definition) is 2. The molecule has 7 nitrogen and oxygen atoms in total. The van der Waals surface area contributed by atoms with E-state index in [9.17, 15) is 9.00 Å². The highest BCUT2D eigenvalue weighted by Gasteiger charge is 2.20. The molecule has 0 radical (unpaired) electrons. The van der Waals surface area contributed by atoms with Gasteiger partial charge in [-0.2, -0.15) is 5.26 Å². The first-order chi connectivity index (χ1) is 14.8. The number of carbonyl (C=O) groups excluding carboxylic acids is 1. The highest BCUT2D eigenvalue weighted by atomic mass is 32.2. The van der Waals surface area contributed by atoms with Crippen molar-refractivity contribution in [1.29, 1.82) is 5.26 Å². The van der Waals surface area contributed by atoms with Crippen LogP contribution >= 0.6 is 11.3 Å². The maximum Gasteiger partial charge on any atom is 0.404 e. The number of amides is 1. The maximum absolute atomic E-state index is 12.5. The van der Waals surface area contributed by atoms with Gasteiger partial charge in [-0.05, 0) is 38.8 Å². The van der Waals surface area contributed by atoms with Crippen LogP contribution in [0.25, 0.3) is 10.4 Å². The molecule has 1 atom stereocenters. The van der Waals surface area contributed by atoms with Gasteiger partial charge in [0.1, 0.15) is 11.0 Å². The van der Waals surface area contributed by atoms with Crippen molar-refractivity contribution in [2.45, 2.75) is 69.8 Å². The molecule has 1 aromatic heterocycles. The molecule has 3 N–H and O–H groups in total. The Balaban J connectivity index is 0.000000423. The first-order valence-electron chi connectivity index (χ1n) is 10.5. The molecule has 1 amide bonds. The van der Waals surface area contributed by atoms with Gasteiger partial charge in [-0.15, -0.1) is 11.3 Å². The number of nitrogens with zero attached hydrogens (tertiary/aromatic N) is 2. The van der Waals surface area contributed by atoms with Crippen LogP contribution in [-0.2, 0) is 15.7 Å². The van der Waals surface area contributed by atoms with Crippen LogP contribution in [-0.4, -0.2) is 27.9 Å². The molecule has 1 heterocycles. The van der Waals surface area contributed by atoms with Gasteiger partial charge in [0.05, 0.1) is 32.5 Å². The molecule has 0 saturated heterocycles. The summed E-state index contributed by atoms with van der Waals surface area (Å²) in [5, 5.41) is 10.3. The molecule has 1 aliphatic rings. The summed E-state index contributed by atoms with van der Waals surface area (Å²) >= 11 is 1.70. The molecular formula is C22H30N4O3S2. The minimum absolute atomic E-state index is 0.0995. The number of hydrogen-bond acceptors (Lipinski definition) is 6. The first kappa shape index (κ1) is 25.0. The largest absolute Gasteiger partial charge is 0.447 e. The fourth-order valence-electron chi connectivity index (χ4n) is 3.34. The van der Waals surface area contributed by atoms with Gasteiger partial charge in [0.2, 0.25) is 0 Å². The number of ether oxygens (including phenoxy) is 1. The average molecular weight is 463 g/mol. The third-order valence-electron chi connectivity index (χ3n) is 4.68. The number of nitriles is 1. The van der Waals surface area contributed by atoms with Crippen molar-refractivity contribution in [1.82, 2.24) is 9.71 Å². The number of rotatable bonds is 6. The molecule has 0 spiro atoms. The monoisotopic (exact) mass is 462 g/mol. The Bertz CT molecular complexity index is 931. The van der Waals surface area contributed by atoms with E-state index in [0.717, 1.165) is 10.4 Å². The van der Waals surface area contributed by atoms with Gasteiger partial charge in [-0.25, -0.2) is 18.7 Å². The Morgan fingerprint density at radius 2 is 2.10 bits per heavy atom. The predicted octanol–water partition coefficient (Wildman–Crippen LogP) is 4.85. The summed E-state index contributed by atoms with van der Waals surface area (Å²) in [6, 6.07) is 7.51. The van der Waals surface area contributed by atoms with Crippen LogP contribution in [0.4, 0.5) is 4.79 Å². The lowest BCUT2D eigenvalue weighted by Gasteiger charge is -2.18. The standard InChI is InChI=1S/C18H21N3OS2.C4H9NO2/c1-2-21-24(22)17-10-13(11-19)8-9-15(17)16-12-20-18(23-16)14-6-4-3-5-7-14;1-3(2)7-4(5)6/h8-10,12,14,21H,2-7H2,1H3;3H,1-2H3,(H2,5,6). The van der Waals surface area contributed by atoms with E-state index in [1.54, 1.807) is 37.3 Å². The van der Waals surface area contributed by atoms with Crippen molar-refractivity contribution in [3.8, 4) is 16.5 Å². The minimum Gasteiger partial charge on any atom is -0.447 e. The van der Waals surface area contributed by atoms with Crippen molar-refractivity contribution in [2.75, 3.05) is 6.54 Å². The van der Waals surface area contributed by atoms with E-state index < -0.39 is 17.1 Å². The number of thiazole rings is 1. The van der Waals surface area contributed by atoms with Crippen LogP contribution in [0.5, 0.6) is 0 Å². The smallest absolute Gasteiger partial charge is 0.404 e. The van der Waals surface area contributed by atoms with Crippen molar-refractivity contribution in [2.24, 2.45) is 5.73 Å². The molecule has 168 valence electrons. The van der Waals surface area contributed by atoms with Crippen molar-refractivity contribution in [3.05, 3.63) is 35.0 Å². The highest BCUT2D eigenvalue weighted by Crippen LogP contribution is 2.38. The number of nitrogens with two attached hydrogens (primary N) is 1. The number of benzene rings is 1. The Kier molecular flexibility index (Phi) is 10.1. The van der Waals surface area contributed by atoms with Gasteiger partial charge >= 0.3 is 6.09 Å². The second-order valence-corrected chi connectivity index (χ2v) is 9.80. The second-order valence-electron chi connectivity index (χ2n) is 7.47. The quantitative estimate of drug-likeness (QED) is 0.636. The molecule has 31 heavy (non-hydrogen) atoms. The predicted molar refractivity (Wildman–Crippen MR) is 124 cm³/mol. The fraction of sp³-hybridized carbons (Fsp3) is 0.500. The van der Waals surface area contributed by atoms with Crippen LogP contribution in [0.15, 0.2) is 29.3 Å². The molecule has 1 unspecified atom stereocenters. The first-order valence-corrected chi connectivity index (χ1v) is 12.4. The van der Waals surface area contributed by atoms with E-state index >= 15 is 0 Å². The van der Waals surface area contributed by atoms with E-state index in [2.05, 4.69) is 26.2 Å². The topological polar surface area (TPSA) is 118 Å². The van der Waals surface area contributed by atoms with E-state index in [4.69, 9.17) is 5.26 Å². The summed E-state index contributed by atoms with van der Waals surface area (Å²) in [5.41, 5.74) is 6.07. The lowest BCUT2D eigenvalue weighted by atomic mass is 9.90. The summed E-state index contributed by atoms with van der Waals surface area (Å²) in [5.74, 6) is 0.568. The number of primary amides is 1. The van der Waals surface area contributed by atoms with Crippen LogP contribution in [0.1, 0.15) is 69.4 Å². The van der Waals surface area contributed by atoms with E-state index in [-0.39, 0.29) is 6.10 Å². The minimum atomic E-state index is -1.33. The Hall–Kier alpha value is -2.28. The van der Waals surface area contributed by atoms with E-state index in [1.165, 1.54) is 37.1 Å². The SMILES string of the molecule is CC(C)OC(N)=O.CCNS(=O)c1cc(C#N)ccc1-c1cnc(C2CCCCC2)s1. The summed E-state index contributed by atoms with van der Waals surface area (Å²) < 4.78 is 19.8. The fourth-order valence-corrected chi connectivity index (χ4v) is 5.56. The highest BCUT2D eigenvalue weighted by molar-refractivity contribution is 7.83. The van der Waals surface area contributed by atoms with Crippen LogP contribution in [0, 0.1) is 11.3 Å². The van der Waals surface area contributed by atoms with Gasteiger partial charge in [0, 0.05) is 24.2 Å². The Morgan fingerprint density at radius 3 is 2.65 bits per heavy atom. The molecule has 1 aromatic carbocycles. The third-order valence-corrected chi connectivity index (χ3v) is 7.16. The molecule has 1 aliphatic carbocycles. The summed E-state index contributed by atoms with van der Waals surface area (Å²) in [7, 11) is -1.33. The van der Waals surface area contributed by atoms with Gasteiger partial charge in [0.15, 0.2) is 0 Å². The molecule has 3 rings (SSSR count). The second kappa shape index (κ2) is 12.5. The number of nitrogens with one attached hydrogen (secondary N) is 1. The summed E-state index contributed by atoms with van der Waals surface area (Å²) in [4.78, 5) is 16.1. The number of aromatic nitrogens is 1. The molecule has 1 fully saturated rings. The van der Waals surface area contributed by atoms with Gasteiger partial charge in [-0.3, -0.25) is 0 Å². The normalized spacial score (nSPS) is 14.9. The Labute approximate surface area is 190 Å². The molecule has 0 aliphatic heterocycles. The van der Waals surface area contributed by atoms with E-state index in [0.29, 0.717) is 22.9 Å². The van der Waals surface area contributed by atoms with Crippen molar-refractivity contribution >= 4 is 28.4 Å². The zero-order valence-corrected chi connectivity index (χ0v) is 19.9. The van der Waals surface area contributed by atoms with Crippen molar-refractivity contribution in [3.63, 3.8) is 0 Å². The maximum atomic E-state index is 12.5. The molecule has 1 saturated carbocycles. The van der Waals surface area contributed by atoms with Gasteiger partial charge in [0.25, 0.3) is 0 Å². The van der Waals surface area contributed by atoms with Gasteiger partial charge in [-0.1, -0.05) is 32.3 Å². The lowest BCUT2D eigenvalue weighted by Crippen LogP contribution is -2.17. The van der Waals surface area contributed by atoms with E-state index in [1.807, 2.05) is 19.2 Å². The van der Waals surface area contributed by atoms with Crippen LogP contribution in [0.3, 0.4) is 0 Å². The zero-order chi connectivity index (χ0) is 22.8. The van der Waals surface area contributed by atoms with Crippen molar-refractivity contribution < 1.29 is 13.7 Å². The lowest BCUT2D eigenvalue weighted by molar-refractivity contribution is 0.125. The molecule has 2 aromatic rings.